The van der Waals surface area contributed by atoms with Crippen molar-refractivity contribution in [2.24, 2.45) is 5.41 Å². The highest BCUT2D eigenvalue weighted by Crippen LogP contribution is 2.39. The third-order valence-electron chi connectivity index (χ3n) is 3.48. The van der Waals surface area contributed by atoms with Gasteiger partial charge < -0.3 is 15.5 Å². The zero-order chi connectivity index (χ0) is 15.8. The molecular weight excluding hydrogens is 286 g/mol. The molecule has 0 aromatic heterocycles. The fourth-order valence-corrected chi connectivity index (χ4v) is 3.08. The molecule has 2 rings (SSSR count). The molecule has 1 aromatic carbocycles. The molecule has 0 bridgehead atoms. The van der Waals surface area contributed by atoms with Crippen LogP contribution in [0.5, 0.6) is 0 Å². The van der Waals surface area contributed by atoms with Crippen LogP contribution in [-0.4, -0.2) is 26.0 Å². The smallest absolute Gasteiger partial charge is 0.246 e. The summed E-state index contributed by atoms with van der Waals surface area (Å²) in [5.41, 5.74) is 2.90. The Morgan fingerprint density at radius 2 is 2.05 bits per heavy atom. The molecule has 21 heavy (non-hydrogen) atoms. The number of nitrogens with one attached hydrogen (secondary N) is 2. The lowest BCUT2D eigenvalue weighted by molar-refractivity contribution is -0.117. The van der Waals surface area contributed by atoms with E-state index in [1.54, 1.807) is 0 Å². The van der Waals surface area contributed by atoms with Crippen LogP contribution < -0.4 is 15.5 Å². The highest BCUT2D eigenvalue weighted by molar-refractivity contribution is 6.33. The van der Waals surface area contributed by atoms with Crippen molar-refractivity contribution in [1.82, 2.24) is 5.32 Å². The summed E-state index contributed by atoms with van der Waals surface area (Å²) in [7, 11) is 2.03. The lowest BCUT2D eigenvalue weighted by Crippen LogP contribution is -2.29. The van der Waals surface area contributed by atoms with Crippen molar-refractivity contribution >= 4 is 28.9 Å². The molecule has 1 aromatic rings. The largest absolute Gasteiger partial charge is 0.373 e. The Labute approximate surface area is 131 Å². The van der Waals surface area contributed by atoms with Gasteiger partial charge in [0.25, 0.3) is 0 Å². The monoisotopic (exact) mass is 309 g/mol. The first kappa shape index (κ1) is 16.1. The number of halogens is 1. The number of rotatable bonds is 4. The van der Waals surface area contributed by atoms with Gasteiger partial charge in [0.1, 0.15) is 6.04 Å². The molecule has 0 radical (unpaired) electrons. The number of likely N-dealkylation sites (N-methyl/N-ethyl adjacent to an activating group) is 1. The third-order valence-corrected chi connectivity index (χ3v) is 3.78. The van der Waals surface area contributed by atoms with Crippen LogP contribution in [0, 0.1) is 5.41 Å². The number of fused-ring (bicyclic) bond motifs is 1. The van der Waals surface area contributed by atoms with Crippen LogP contribution in [0.15, 0.2) is 12.1 Å². The highest BCUT2D eigenvalue weighted by atomic mass is 35.5. The first-order valence-corrected chi connectivity index (χ1v) is 7.69. The minimum absolute atomic E-state index is 0.0152. The first-order chi connectivity index (χ1) is 9.73. The lowest BCUT2D eigenvalue weighted by atomic mass is 9.96. The second kappa shape index (κ2) is 5.85. The number of nitrogens with zero attached hydrogens (tertiary/aromatic N) is 1. The number of carbonyl (C=O) groups is 1. The molecule has 1 heterocycles. The van der Waals surface area contributed by atoms with E-state index in [-0.39, 0.29) is 17.4 Å². The highest BCUT2D eigenvalue weighted by Gasteiger charge is 2.31. The van der Waals surface area contributed by atoms with Gasteiger partial charge in [-0.15, -0.1) is 0 Å². The topological polar surface area (TPSA) is 44.4 Å². The van der Waals surface area contributed by atoms with Crippen LogP contribution in [0.3, 0.4) is 0 Å². The number of benzene rings is 1. The molecule has 1 aliphatic heterocycles. The Morgan fingerprint density at radius 1 is 1.38 bits per heavy atom. The van der Waals surface area contributed by atoms with Crippen LogP contribution in [0.1, 0.15) is 39.3 Å². The van der Waals surface area contributed by atoms with E-state index in [0.717, 1.165) is 30.0 Å². The van der Waals surface area contributed by atoms with Gasteiger partial charge >= 0.3 is 0 Å². The third kappa shape index (κ3) is 3.50. The maximum atomic E-state index is 12.0. The summed E-state index contributed by atoms with van der Waals surface area (Å²) in [6, 6.07) is 3.57. The van der Waals surface area contributed by atoms with E-state index in [1.807, 2.05) is 26.1 Å². The molecule has 0 saturated carbocycles. The van der Waals surface area contributed by atoms with Crippen LogP contribution in [0.25, 0.3) is 0 Å². The van der Waals surface area contributed by atoms with Crippen molar-refractivity contribution in [3.05, 3.63) is 22.7 Å². The van der Waals surface area contributed by atoms with Gasteiger partial charge in [-0.05, 0) is 24.1 Å². The van der Waals surface area contributed by atoms with Crippen LogP contribution >= 0.6 is 11.6 Å². The number of hydrogen-bond acceptors (Lipinski definition) is 3. The molecule has 1 amide bonds. The van der Waals surface area contributed by atoms with E-state index in [4.69, 9.17) is 11.6 Å². The first-order valence-electron chi connectivity index (χ1n) is 7.32. The van der Waals surface area contributed by atoms with Crippen molar-refractivity contribution in [3.63, 3.8) is 0 Å². The fraction of sp³-hybridized carbons (Fsp3) is 0.562. The Bertz CT molecular complexity index is 551. The van der Waals surface area contributed by atoms with E-state index in [9.17, 15) is 4.79 Å². The zero-order valence-electron chi connectivity index (χ0n) is 13.4. The fourth-order valence-electron chi connectivity index (χ4n) is 2.77. The van der Waals surface area contributed by atoms with Gasteiger partial charge in [0.05, 0.1) is 10.7 Å². The summed E-state index contributed by atoms with van der Waals surface area (Å²) >= 11 is 6.44. The maximum Gasteiger partial charge on any atom is 0.246 e. The van der Waals surface area contributed by atoms with Crippen LogP contribution in [0.4, 0.5) is 11.4 Å². The average molecular weight is 310 g/mol. The molecule has 0 spiro atoms. The number of hydrogen-bond donors (Lipinski definition) is 2. The normalized spacial score (nSPS) is 17.6. The van der Waals surface area contributed by atoms with E-state index in [0.29, 0.717) is 5.02 Å². The summed E-state index contributed by atoms with van der Waals surface area (Å²) in [5.74, 6) is -0.0152. The number of amides is 1. The second-order valence-electron chi connectivity index (χ2n) is 6.79. The van der Waals surface area contributed by atoms with Crippen LogP contribution in [0.2, 0.25) is 5.02 Å². The summed E-state index contributed by atoms with van der Waals surface area (Å²) < 4.78 is 0. The van der Waals surface area contributed by atoms with E-state index in [2.05, 4.69) is 36.3 Å². The van der Waals surface area contributed by atoms with Crippen molar-refractivity contribution in [3.8, 4) is 0 Å². The van der Waals surface area contributed by atoms with E-state index in [1.165, 1.54) is 0 Å². The quantitative estimate of drug-likeness (QED) is 0.895. The molecular formula is C16H24ClN3O. The van der Waals surface area contributed by atoms with Crippen molar-refractivity contribution in [2.45, 2.75) is 33.7 Å². The van der Waals surface area contributed by atoms with Crippen molar-refractivity contribution in [2.75, 3.05) is 30.4 Å². The average Bonchev–Trinajstić information content (AvgIpc) is 2.63. The van der Waals surface area contributed by atoms with Gasteiger partial charge in [-0.1, -0.05) is 39.3 Å². The minimum Gasteiger partial charge on any atom is -0.373 e. The number of carbonyl (C=O) groups excluding carboxylic acids is 1. The predicted molar refractivity (Wildman–Crippen MR) is 89.2 cm³/mol. The van der Waals surface area contributed by atoms with Crippen molar-refractivity contribution < 1.29 is 4.79 Å². The Kier molecular flexibility index (Phi) is 4.49. The van der Waals surface area contributed by atoms with Crippen molar-refractivity contribution in [1.29, 1.82) is 0 Å². The standard InChI is InChI=1S/C16H24ClN3O/c1-6-18-14-10-7-11(17)13(8-12(10)19-15(14)21)20(5)9-16(2,3)4/h7-8,14,18H,6,9H2,1-5H3,(H,19,21). The summed E-state index contributed by atoms with van der Waals surface area (Å²) in [4.78, 5) is 14.1. The molecule has 1 aliphatic rings. The maximum absolute atomic E-state index is 12.0. The molecule has 116 valence electrons. The Hall–Kier alpha value is -1.26. The van der Waals surface area contributed by atoms with Gasteiger partial charge in [-0.3, -0.25) is 4.79 Å². The second-order valence-corrected chi connectivity index (χ2v) is 7.19. The minimum atomic E-state index is -0.301. The molecule has 2 N–H and O–H groups in total. The summed E-state index contributed by atoms with van der Waals surface area (Å²) in [6.07, 6.45) is 0. The number of anilines is 2. The van der Waals surface area contributed by atoms with Gasteiger partial charge in [-0.25, -0.2) is 0 Å². The van der Waals surface area contributed by atoms with Gasteiger partial charge in [0, 0.05) is 24.8 Å². The van der Waals surface area contributed by atoms with E-state index >= 15 is 0 Å². The molecule has 1 atom stereocenters. The molecule has 0 aliphatic carbocycles. The van der Waals surface area contributed by atoms with Crippen LogP contribution in [-0.2, 0) is 4.79 Å². The molecule has 4 nitrogen and oxygen atoms in total. The Morgan fingerprint density at radius 3 is 2.62 bits per heavy atom. The molecule has 1 unspecified atom stereocenters. The van der Waals surface area contributed by atoms with E-state index < -0.39 is 0 Å². The van der Waals surface area contributed by atoms with Gasteiger partial charge in [0.15, 0.2) is 0 Å². The SMILES string of the molecule is CCNC1C(=O)Nc2cc(N(C)CC(C)(C)C)c(Cl)cc21. The van der Waals surface area contributed by atoms with Gasteiger partial charge in [0.2, 0.25) is 5.91 Å². The predicted octanol–water partition coefficient (Wildman–Crippen LogP) is 3.43. The Balaban J connectivity index is 2.33. The molecule has 0 fully saturated rings. The molecule has 5 heteroatoms. The summed E-state index contributed by atoms with van der Waals surface area (Å²) in [5, 5.41) is 6.79. The zero-order valence-corrected chi connectivity index (χ0v) is 14.1. The lowest BCUT2D eigenvalue weighted by Gasteiger charge is -2.29. The molecule has 0 saturated heterocycles. The van der Waals surface area contributed by atoms with Gasteiger partial charge in [-0.2, -0.15) is 0 Å². The summed E-state index contributed by atoms with van der Waals surface area (Å²) in [6.45, 7) is 10.2.